The number of carbonyl (C=O) groups excluding carboxylic acids is 1. The number of amides is 2. The Morgan fingerprint density at radius 1 is 1.24 bits per heavy atom. The number of halogens is 3. The molecular weight excluding hydrogens is 435 g/mol. The molecule has 1 aromatic rings. The van der Waals surface area contributed by atoms with Gasteiger partial charge >= 0.3 is 12.3 Å². The number of benzene rings is 1. The summed E-state index contributed by atoms with van der Waals surface area (Å²) >= 11 is 0. The molecule has 0 unspecified atom stereocenters. The standard InChI is InChI=1S/C24H34F3N3O3/c1-4-30(23(32)33)21(10-15(2)3)22(31)28-20-9-8-17-13-29(14-19(17)20)12-16-6-5-7-18(11-16)24(25,26)27/h5-7,11,15,17,19-21H,4,8-10,12-14H2,1-3H3,(H,28,31)(H,32,33)/t17-,19+,20+,21+/m1/s1. The van der Waals surface area contributed by atoms with Crippen LogP contribution < -0.4 is 5.32 Å². The van der Waals surface area contributed by atoms with Gasteiger partial charge in [-0.1, -0.05) is 32.0 Å². The molecule has 2 fully saturated rings. The fourth-order valence-corrected chi connectivity index (χ4v) is 5.36. The number of nitrogens with zero attached hydrogens (tertiary/aromatic N) is 2. The molecule has 2 amide bonds. The number of nitrogens with one attached hydrogen (secondary N) is 1. The molecule has 1 heterocycles. The van der Waals surface area contributed by atoms with Crippen molar-refractivity contribution in [3.05, 3.63) is 35.4 Å². The van der Waals surface area contributed by atoms with Crippen LogP contribution in [0, 0.1) is 17.8 Å². The van der Waals surface area contributed by atoms with E-state index in [-0.39, 0.29) is 30.3 Å². The molecule has 0 aromatic heterocycles. The van der Waals surface area contributed by atoms with Crippen molar-refractivity contribution < 1.29 is 27.9 Å². The molecule has 184 valence electrons. The van der Waals surface area contributed by atoms with E-state index in [9.17, 15) is 27.9 Å². The second-order valence-corrected chi connectivity index (χ2v) is 9.72. The topological polar surface area (TPSA) is 72.9 Å². The fourth-order valence-electron chi connectivity index (χ4n) is 5.36. The van der Waals surface area contributed by atoms with E-state index in [1.165, 1.54) is 17.0 Å². The molecule has 4 atom stereocenters. The Morgan fingerprint density at radius 3 is 2.58 bits per heavy atom. The number of likely N-dealkylation sites (N-methyl/N-ethyl adjacent to an activating group) is 1. The van der Waals surface area contributed by atoms with Crippen molar-refractivity contribution in [2.75, 3.05) is 19.6 Å². The van der Waals surface area contributed by atoms with Gasteiger partial charge in [0, 0.05) is 32.2 Å². The number of likely N-dealkylation sites (tertiary alicyclic amines) is 1. The first-order valence-corrected chi connectivity index (χ1v) is 11.7. The minimum atomic E-state index is -4.36. The van der Waals surface area contributed by atoms with Gasteiger partial charge in [-0.05, 0) is 55.6 Å². The Kier molecular flexibility index (Phi) is 7.92. The molecule has 9 heteroatoms. The number of fused-ring (bicyclic) bond motifs is 1. The average molecular weight is 470 g/mol. The molecule has 1 saturated carbocycles. The first-order valence-electron chi connectivity index (χ1n) is 11.7. The smallest absolute Gasteiger partial charge is 0.416 e. The lowest BCUT2D eigenvalue weighted by atomic mass is 9.96. The molecule has 2 N–H and O–H groups in total. The molecule has 0 radical (unpaired) electrons. The molecule has 1 aliphatic carbocycles. The summed E-state index contributed by atoms with van der Waals surface area (Å²) in [6.45, 7) is 7.82. The second-order valence-electron chi connectivity index (χ2n) is 9.72. The highest BCUT2D eigenvalue weighted by Gasteiger charge is 2.44. The normalized spacial score (nSPS) is 24.0. The van der Waals surface area contributed by atoms with Gasteiger partial charge in [-0.2, -0.15) is 13.2 Å². The third-order valence-corrected chi connectivity index (χ3v) is 6.88. The van der Waals surface area contributed by atoms with Gasteiger partial charge in [0.15, 0.2) is 0 Å². The summed E-state index contributed by atoms with van der Waals surface area (Å²) in [5.74, 6) is 0.514. The highest BCUT2D eigenvalue weighted by Crippen LogP contribution is 2.39. The van der Waals surface area contributed by atoms with Gasteiger partial charge < -0.3 is 10.4 Å². The van der Waals surface area contributed by atoms with Crippen molar-refractivity contribution in [2.24, 2.45) is 17.8 Å². The van der Waals surface area contributed by atoms with Crippen molar-refractivity contribution in [2.45, 2.75) is 64.8 Å². The largest absolute Gasteiger partial charge is 0.465 e. The highest BCUT2D eigenvalue weighted by molar-refractivity contribution is 5.85. The van der Waals surface area contributed by atoms with Crippen LogP contribution in [0.25, 0.3) is 0 Å². The quantitative estimate of drug-likeness (QED) is 0.590. The van der Waals surface area contributed by atoms with E-state index in [1.54, 1.807) is 13.0 Å². The van der Waals surface area contributed by atoms with E-state index in [1.807, 2.05) is 13.8 Å². The Hall–Kier alpha value is -2.29. The molecule has 2 aliphatic rings. The Morgan fingerprint density at radius 2 is 1.97 bits per heavy atom. The third-order valence-electron chi connectivity index (χ3n) is 6.88. The van der Waals surface area contributed by atoms with Gasteiger partial charge in [0.25, 0.3) is 0 Å². The Bertz CT molecular complexity index is 846. The Labute approximate surface area is 193 Å². The summed E-state index contributed by atoms with van der Waals surface area (Å²) in [4.78, 5) is 28.1. The van der Waals surface area contributed by atoms with Crippen LogP contribution in [0.4, 0.5) is 18.0 Å². The Balaban J connectivity index is 1.63. The van der Waals surface area contributed by atoms with Gasteiger partial charge in [0.05, 0.1) is 5.56 Å². The second kappa shape index (κ2) is 10.3. The van der Waals surface area contributed by atoms with Crippen LogP contribution >= 0.6 is 0 Å². The van der Waals surface area contributed by atoms with Crippen molar-refractivity contribution in [3.8, 4) is 0 Å². The SMILES string of the molecule is CCN(C(=O)O)[C@@H](CC(C)C)C(=O)N[C@H]1CC[C@@H]2CN(Cc3cccc(C(F)(F)F)c3)C[C@@H]21. The van der Waals surface area contributed by atoms with Crippen LogP contribution in [0.5, 0.6) is 0 Å². The average Bonchev–Trinajstić information content (AvgIpc) is 3.28. The maximum Gasteiger partial charge on any atom is 0.416 e. The molecule has 0 spiro atoms. The molecule has 6 nitrogen and oxygen atoms in total. The van der Waals surface area contributed by atoms with E-state index >= 15 is 0 Å². The zero-order valence-electron chi connectivity index (χ0n) is 19.4. The van der Waals surface area contributed by atoms with Crippen molar-refractivity contribution in [1.29, 1.82) is 0 Å². The first-order chi connectivity index (χ1) is 15.5. The summed E-state index contributed by atoms with van der Waals surface area (Å²) in [6, 6.07) is 4.66. The van der Waals surface area contributed by atoms with Crippen molar-refractivity contribution in [3.63, 3.8) is 0 Å². The van der Waals surface area contributed by atoms with E-state index in [2.05, 4.69) is 10.2 Å². The lowest BCUT2D eigenvalue weighted by Crippen LogP contribution is -2.53. The fraction of sp³-hybridized carbons (Fsp3) is 0.667. The summed E-state index contributed by atoms with van der Waals surface area (Å²) in [5.41, 5.74) is -0.0120. The lowest BCUT2D eigenvalue weighted by Gasteiger charge is -2.31. The van der Waals surface area contributed by atoms with Gasteiger partial charge in [0.2, 0.25) is 5.91 Å². The number of alkyl halides is 3. The van der Waals surface area contributed by atoms with Crippen LogP contribution in [0.3, 0.4) is 0 Å². The summed E-state index contributed by atoms with van der Waals surface area (Å²) in [5, 5.41) is 12.6. The van der Waals surface area contributed by atoms with Crippen molar-refractivity contribution in [1.82, 2.24) is 15.1 Å². The molecule has 3 rings (SSSR count). The monoisotopic (exact) mass is 469 g/mol. The minimum absolute atomic E-state index is 0.0452. The number of carbonyl (C=O) groups is 2. The van der Waals surface area contributed by atoms with Crippen LogP contribution in [-0.2, 0) is 17.5 Å². The van der Waals surface area contributed by atoms with E-state index in [4.69, 9.17) is 0 Å². The van der Waals surface area contributed by atoms with Gasteiger partial charge in [-0.15, -0.1) is 0 Å². The summed E-state index contributed by atoms with van der Waals surface area (Å²) in [7, 11) is 0. The van der Waals surface area contributed by atoms with E-state index in [0.717, 1.165) is 25.5 Å². The van der Waals surface area contributed by atoms with Crippen LogP contribution in [0.1, 0.15) is 51.2 Å². The number of hydrogen-bond acceptors (Lipinski definition) is 3. The van der Waals surface area contributed by atoms with Crippen LogP contribution in [-0.4, -0.2) is 58.6 Å². The third kappa shape index (κ3) is 6.19. The minimum Gasteiger partial charge on any atom is -0.465 e. The van der Waals surface area contributed by atoms with E-state index < -0.39 is 23.9 Å². The van der Waals surface area contributed by atoms with Crippen molar-refractivity contribution >= 4 is 12.0 Å². The van der Waals surface area contributed by atoms with E-state index in [0.29, 0.717) is 31.0 Å². The first kappa shape index (κ1) is 25.3. The summed E-state index contributed by atoms with van der Waals surface area (Å²) < 4.78 is 39.1. The summed E-state index contributed by atoms with van der Waals surface area (Å²) in [6.07, 6.45) is -3.22. The zero-order chi connectivity index (χ0) is 24.3. The lowest BCUT2D eigenvalue weighted by molar-refractivity contribution is -0.137. The maximum absolute atomic E-state index is 13.1. The molecule has 1 saturated heterocycles. The molecule has 0 bridgehead atoms. The highest BCUT2D eigenvalue weighted by atomic mass is 19.4. The number of hydrogen-bond donors (Lipinski definition) is 2. The number of rotatable bonds is 8. The van der Waals surface area contributed by atoms with Crippen LogP contribution in [0.15, 0.2) is 24.3 Å². The zero-order valence-corrected chi connectivity index (χ0v) is 19.4. The van der Waals surface area contributed by atoms with Gasteiger partial charge in [-0.25, -0.2) is 4.79 Å². The molecule has 33 heavy (non-hydrogen) atoms. The predicted octanol–water partition coefficient (Wildman–Crippen LogP) is 4.45. The molecular formula is C24H34F3N3O3. The predicted molar refractivity (Wildman–Crippen MR) is 119 cm³/mol. The van der Waals surface area contributed by atoms with Gasteiger partial charge in [0.1, 0.15) is 6.04 Å². The molecule has 1 aliphatic heterocycles. The van der Waals surface area contributed by atoms with Gasteiger partial charge in [-0.3, -0.25) is 14.6 Å². The van der Waals surface area contributed by atoms with Crippen LogP contribution in [0.2, 0.25) is 0 Å². The molecule has 1 aromatic carbocycles. The maximum atomic E-state index is 13.1. The number of carboxylic acid groups (broad SMARTS) is 1.